The van der Waals surface area contributed by atoms with E-state index in [-0.39, 0.29) is 37.9 Å². The first kappa shape index (κ1) is 34.9. The van der Waals surface area contributed by atoms with E-state index in [0.29, 0.717) is 23.5 Å². The fourth-order valence-corrected chi connectivity index (χ4v) is 9.87. The minimum atomic E-state index is -3.51. The number of amides is 3. The second-order valence-corrected chi connectivity index (χ2v) is 17.6. The Labute approximate surface area is 284 Å². The van der Waals surface area contributed by atoms with Crippen LogP contribution in [0.1, 0.15) is 37.0 Å². The van der Waals surface area contributed by atoms with Crippen molar-refractivity contribution >= 4 is 53.4 Å². The Balaban J connectivity index is 1.46. The summed E-state index contributed by atoms with van der Waals surface area (Å²) in [6.07, 6.45) is -2.13. The number of ether oxygens (including phenoxy) is 1. The summed E-state index contributed by atoms with van der Waals surface area (Å²) in [7, 11) is -3.51. The quantitative estimate of drug-likeness (QED) is 0.178. The number of fused-ring (bicyclic) bond motifs is 2. The monoisotopic (exact) mass is 725 g/mol. The Morgan fingerprint density at radius 1 is 1.11 bits per heavy atom. The van der Waals surface area contributed by atoms with E-state index in [9.17, 15) is 24.6 Å². The molecule has 3 amide bonds. The van der Waals surface area contributed by atoms with Gasteiger partial charge in [-0.3, -0.25) is 14.4 Å². The van der Waals surface area contributed by atoms with Crippen molar-refractivity contribution in [2.75, 3.05) is 23.4 Å². The highest BCUT2D eigenvalue weighted by molar-refractivity contribution is 9.10. The van der Waals surface area contributed by atoms with E-state index in [1.54, 1.807) is 47.2 Å². The molecule has 0 aliphatic carbocycles. The van der Waals surface area contributed by atoms with Crippen molar-refractivity contribution in [3.63, 3.8) is 0 Å². The molecule has 12 heteroatoms. The van der Waals surface area contributed by atoms with Gasteiger partial charge in [-0.05, 0) is 61.5 Å². The molecule has 2 aliphatic rings. The minimum Gasteiger partial charge on any atom is -0.395 e. The third-order valence-electron chi connectivity index (χ3n) is 9.18. The van der Waals surface area contributed by atoms with E-state index in [2.05, 4.69) is 21.2 Å². The van der Waals surface area contributed by atoms with E-state index in [4.69, 9.17) is 4.74 Å². The minimum absolute atomic E-state index is 0.117. The number of carbonyl (C=O) groups is 3. The van der Waals surface area contributed by atoms with Gasteiger partial charge in [0.15, 0.2) is 5.60 Å². The van der Waals surface area contributed by atoms with E-state index >= 15 is 4.11 Å². The van der Waals surface area contributed by atoms with Crippen LogP contribution in [-0.2, 0) is 37.8 Å². The lowest BCUT2D eigenvalue weighted by Gasteiger charge is -2.31. The molecule has 0 radical (unpaired) electrons. The molecular formula is C35H41BrFN3O6Si. The molecule has 9 nitrogen and oxygen atoms in total. The summed E-state index contributed by atoms with van der Waals surface area (Å²) >= 11 is 3.55. The number of hydrogen-bond acceptors (Lipinski definition) is 6. The average Bonchev–Trinajstić information content (AvgIpc) is 3.44. The van der Waals surface area contributed by atoms with Gasteiger partial charge in [-0.25, -0.2) is 0 Å². The molecule has 47 heavy (non-hydrogen) atoms. The van der Waals surface area contributed by atoms with Gasteiger partial charge in [-0.1, -0.05) is 65.3 Å². The molecule has 1 saturated heterocycles. The van der Waals surface area contributed by atoms with Crippen LogP contribution in [0.5, 0.6) is 0 Å². The molecule has 2 aliphatic heterocycles. The maximum absolute atomic E-state index is 16.3. The van der Waals surface area contributed by atoms with E-state index < -0.39 is 43.6 Å². The van der Waals surface area contributed by atoms with Crippen LogP contribution in [0, 0.1) is 5.92 Å². The Morgan fingerprint density at radius 2 is 1.79 bits per heavy atom. The fraction of sp³-hybridized carbons (Fsp3) is 0.400. The number of aliphatic hydroxyl groups is 2. The highest BCUT2D eigenvalue weighted by atomic mass is 79.9. The molecule has 1 fully saturated rings. The Hall–Kier alpha value is -3.42. The van der Waals surface area contributed by atoms with Crippen molar-refractivity contribution in [3.05, 3.63) is 94.0 Å². The zero-order valence-electron chi connectivity index (χ0n) is 27.0. The highest BCUT2D eigenvalue weighted by Crippen LogP contribution is 2.60. The predicted molar refractivity (Wildman–Crippen MR) is 184 cm³/mol. The topological polar surface area (TPSA) is 119 Å². The molecule has 0 unspecified atom stereocenters. The Bertz CT molecular complexity index is 1620. The van der Waals surface area contributed by atoms with Gasteiger partial charge in [-0.2, -0.15) is 0 Å². The van der Waals surface area contributed by atoms with Crippen LogP contribution in [0.2, 0.25) is 18.6 Å². The number of benzene rings is 3. The summed E-state index contributed by atoms with van der Waals surface area (Å²) in [5, 5.41) is 21.9. The largest absolute Gasteiger partial charge is 0.395 e. The smallest absolute Gasteiger partial charge is 0.264 e. The number of halogens is 2. The molecule has 0 bridgehead atoms. The van der Waals surface area contributed by atoms with Gasteiger partial charge in [0.1, 0.15) is 6.10 Å². The summed E-state index contributed by atoms with van der Waals surface area (Å²) in [4.78, 5) is 43.5. The first-order chi connectivity index (χ1) is 22.3. The lowest BCUT2D eigenvalue weighted by atomic mass is 9.82. The SMILES string of the molecule is C[C@H](O)C(=O)Nc1ccc(CN2C(=O)[C@]3(O[C@H](CC(=O)N(CCO)Cc4ccccc4)[C@@H]([Si](C)(C)F)[C@@H]3C)c3cc(Br)ccc32)cc1. The van der Waals surface area contributed by atoms with Crippen LogP contribution in [0.4, 0.5) is 15.5 Å². The molecule has 0 aromatic heterocycles. The summed E-state index contributed by atoms with van der Waals surface area (Å²) < 4.78 is 23.8. The van der Waals surface area contributed by atoms with Crippen molar-refractivity contribution < 1.29 is 33.4 Å². The van der Waals surface area contributed by atoms with Gasteiger partial charge in [0.05, 0.1) is 31.4 Å². The second-order valence-electron chi connectivity index (χ2n) is 12.9. The molecule has 3 aromatic rings. The first-order valence-electron chi connectivity index (χ1n) is 15.8. The second kappa shape index (κ2) is 14.0. The lowest BCUT2D eigenvalue weighted by Crippen LogP contribution is -2.45. The summed E-state index contributed by atoms with van der Waals surface area (Å²) in [5.41, 5.74) is 1.31. The molecule has 1 spiro atoms. The van der Waals surface area contributed by atoms with Crippen LogP contribution >= 0.6 is 15.9 Å². The molecule has 5 atom stereocenters. The van der Waals surface area contributed by atoms with Gasteiger partial charge in [0.25, 0.3) is 11.8 Å². The molecule has 3 N–H and O–H groups in total. The average molecular weight is 727 g/mol. The maximum Gasteiger partial charge on any atom is 0.264 e. The van der Waals surface area contributed by atoms with Crippen LogP contribution in [-0.4, -0.2) is 66.6 Å². The summed E-state index contributed by atoms with van der Waals surface area (Å²) in [6.45, 7) is 6.81. The third-order valence-corrected chi connectivity index (χ3v) is 12.1. The number of carbonyl (C=O) groups excluding carboxylic acids is 3. The zero-order chi connectivity index (χ0) is 34.1. The van der Waals surface area contributed by atoms with E-state index in [0.717, 1.165) is 15.6 Å². The standard InChI is InChI=1S/C35H41BrFN3O6Si/c1-22-32(47(3,4)37)30(19-31(43)39(16-17-41)20-24-8-6-5-7-9-24)46-35(22)28-18-26(36)12-15-29(28)40(34(35)45)21-25-10-13-27(14-11-25)38-33(44)23(2)42/h5-15,18,22-23,30,32,41-42H,16-17,19-21H2,1-4H3,(H,38,44)/t22-,23-,30+,32-,35+/m0/s1. The summed E-state index contributed by atoms with van der Waals surface area (Å²) in [5.74, 6) is -1.70. The maximum atomic E-state index is 16.3. The van der Waals surface area contributed by atoms with Gasteiger partial charge >= 0.3 is 0 Å². The third kappa shape index (κ3) is 7.07. The van der Waals surface area contributed by atoms with Crippen molar-refractivity contribution in [1.29, 1.82) is 0 Å². The van der Waals surface area contributed by atoms with Crippen molar-refractivity contribution in [2.45, 2.75) is 69.8 Å². The number of hydrogen-bond donors (Lipinski definition) is 3. The lowest BCUT2D eigenvalue weighted by molar-refractivity contribution is -0.150. The Morgan fingerprint density at radius 3 is 2.40 bits per heavy atom. The van der Waals surface area contributed by atoms with Crippen LogP contribution in [0.25, 0.3) is 0 Å². The number of aliphatic hydroxyl groups excluding tert-OH is 2. The van der Waals surface area contributed by atoms with E-state index in [1.165, 1.54) is 6.92 Å². The molecule has 250 valence electrons. The molecule has 5 rings (SSSR count). The van der Waals surface area contributed by atoms with Crippen molar-refractivity contribution in [1.82, 2.24) is 4.90 Å². The van der Waals surface area contributed by atoms with E-state index in [1.807, 2.05) is 55.5 Å². The predicted octanol–water partition coefficient (Wildman–Crippen LogP) is 5.50. The van der Waals surface area contributed by atoms with Crippen molar-refractivity contribution in [2.24, 2.45) is 5.92 Å². The number of rotatable bonds is 11. The van der Waals surface area contributed by atoms with Gasteiger partial charge in [0.2, 0.25) is 14.3 Å². The highest BCUT2D eigenvalue weighted by Gasteiger charge is 2.67. The van der Waals surface area contributed by atoms with Crippen LogP contribution in [0.3, 0.4) is 0 Å². The molecule has 2 heterocycles. The number of nitrogens with zero attached hydrogens (tertiary/aromatic N) is 2. The molecule has 3 aromatic carbocycles. The number of anilines is 2. The zero-order valence-corrected chi connectivity index (χ0v) is 29.5. The summed E-state index contributed by atoms with van der Waals surface area (Å²) in [6, 6.07) is 22.0. The van der Waals surface area contributed by atoms with Crippen LogP contribution in [0.15, 0.2) is 77.3 Å². The number of nitrogens with one attached hydrogen (secondary N) is 1. The van der Waals surface area contributed by atoms with Gasteiger partial charge in [-0.15, -0.1) is 0 Å². The molecular weight excluding hydrogens is 685 g/mol. The van der Waals surface area contributed by atoms with Crippen molar-refractivity contribution in [3.8, 4) is 0 Å². The molecule has 0 saturated carbocycles. The normalized spacial score (nSPS) is 22.8. The van der Waals surface area contributed by atoms with Crippen LogP contribution < -0.4 is 10.2 Å². The Kier molecular flexibility index (Phi) is 10.4. The van der Waals surface area contributed by atoms with Gasteiger partial charge in [0, 0.05) is 40.3 Å². The van der Waals surface area contributed by atoms with Gasteiger partial charge < -0.3 is 34.2 Å². The fourth-order valence-electron chi connectivity index (χ4n) is 7.02. The first-order valence-corrected chi connectivity index (χ1v) is 19.5.